The van der Waals surface area contributed by atoms with Gasteiger partial charge in [-0.15, -0.1) is 11.6 Å². The van der Waals surface area contributed by atoms with Gasteiger partial charge in [0, 0.05) is 10.7 Å². The summed E-state index contributed by atoms with van der Waals surface area (Å²) in [4.78, 5) is 0. The zero-order chi connectivity index (χ0) is 10.6. The van der Waals surface area contributed by atoms with Gasteiger partial charge in [0.25, 0.3) is 0 Å². The number of nitrogens with two attached hydrogens (primary N) is 1. The molecule has 1 aromatic rings. The summed E-state index contributed by atoms with van der Waals surface area (Å²) in [5.74, 6) is 0.0932. The van der Waals surface area contributed by atoms with Crippen LogP contribution in [0.5, 0.6) is 0 Å². The van der Waals surface area contributed by atoms with Crippen molar-refractivity contribution in [2.45, 2.75) is 6.10 Å². The van der Waals surface area contributed by atoms with Crippen molar-refractivity contribution in [1.29, 1.82) is 0 Å². The van der Waals surface area contributed by atoms with Gasteiger partial charge in [0.15, 0.2) is 0 Å². The van der Waals surface area contributed by atoms with Crippen LogP contribution in [-0.2, 0) is 0 Å². The molecule has 1 rings (SSSR count). The highest BCUT2D eigenvalue weighted by Gasteiger charge is 2.04. The Bertz CT molecular complexity index is 321. The Hall–Kier alpha value is -0.700. The first kappa shape index (κ1) is 11.4. The van der Waals surface area contributed by atoms with Crippen molar-refractivity contribution < 1.29 is 5.11 Å². The van der Waals surface area contributed by atoms with Crippen LogP contribution >= 0.6 is 23.2 Å². The first-order chi connectivity index (χ1) is 6.63. The number of aliphatic hydroxyl groups excluding tert-OH is 1. The van der Waals surface area contributed by atoms with E-state index >= 15 is 0 Å². The molecule has 1 atom stereocenters. The summed E-state index contributed by atoms with van der Waals surface area (Å²) < 4.78 is 0. The number of hydrogen-bond acceptors (Lipinski definition) is 2. The topological polar surface area (TPSA) is 46.2 Å². The molecule has 0 fully saturated rings. The molecule has 0 spiro atoms. The van der Waals surface area contributed by atoms with Gasteiger partial charge in [-0.05, 0) is 23.8 Å². The highest BCUT2D eigenvalue weighted by atomic mass is 35.5. The molecule has 4 heteroatoms. The smallest absolute Gasteiger partial charge is 0.107 e. The Morgan fingerprint density at radius 1 is 1.43 bits per heavy atom. The summed E-state index contributed by atoms with van der Waals surface area (Å²) in [5, 5.41) is 9.96. The second-order valence-electron chi connectivity index (χ2n) is 2.87. The molecule has 0 aliphatic carbocycles. The average Bonchev–Trinajstić information content (AvgIpc) is 2.20. The van der Waals surface area contributed by atoms with E-state index in [-0.39, 0.29) is 5.88 Å². The third-order valence-corrected chi connectivity index (χ3v) is 2.28. The van der Waals surface area contributed by atoms with E-state index < -0.39 is 6.10 Å². The van der Waals surface area contributed by atoms with E-state index in [9.17, 15) is 5.11 Å². The van der Waals surface area contributed by atoms with E-state index in [1.807, 2.05) is 12.1 Å². The van der Waals surface area contributed by atoms with E-state index in [0.29, 0.717) is 10.7 Å². The van der Waals surface area contributed by atoms with Crippen LogP contribution in [0.3, 0.4) is 0 Å². The Morgan fingerprint density at radius 2 is 2.00 bits per heavy atom. The number of rotatable bonds is 3. The van der Waals surface area contributed by atoms with Crippen molar-refractivity contribution in [3.8, 4) is 0 Å². The standard InChI is InChI=1S/C10H11Cl2NO/c11-6-10(14)9(13)5-7-1-3-8(12)4-2-7/h1-5,10,14H,6,13H2/t10-/m1/s1. The van der Waals surface area contributed by atoms with Gasteiger partial charge < -0.3 is 10.8 Å². The van der Waals surface area contributed by atoms with Crippen LogP contribution in [0.1, 0.15) is 5.56 Å². The molecule has 0 radical (unpaired) electrons. The second kappa shape index (κ2) is 5.25. The Kier molecular flexibility index (Phi) is 4.26. The van der Waals surface area contributed by atoms with Crippen molar-refractivity contribution in [2.75, 3.05) is 5.88 Å². The molecule has 3 N–H and O–H groups in total. The fraction of sp³-hybridized carbons (Fsp3) is 0.200. The van der Waals surface area contributed by atoms with Gasteiger partial charge in [-0.1, -0.05) is 23.7 Å². The summed E-state index contributed by atoms with van der Waals surface area (Å²) >= 11 is 11.2. The predicted octanol–water partition coefficient (Wildman–Crippen LogP) is 2.24. The van der Waals surface area contributed by atoms with E-state index in [4.69, 9.17) is 28.9 Å². The number of hydrogen-bond donors (Lipinski definition) is 2. The fourth-order valence-electron chi connectivity index (χ4n) is 0.937. The number of aliphatic hydroxyl groups is 1. The van der Waals surface area contributed by atoms with Gasteiger partial charge in [0.05, 0.1) is 5.88 Å². The zero-order valence-electron chi connectivity index (χ0n) is 7.45. The molecular weight excluding hydrogens is 221 g/mol. The molecule has 2 nitrogen and oxygen atoms in total. The minimum atomic E-state index is -0.799. The van der Waals surface area contributed by atoms with Crippen LogP contribution in [-0.4, -0.2) is 17.1 Å². The lowest BCUT2D eigenvalue weighted by Gasteiger charge is -2.06. The van der Waals surface area contributed by atoms with Crippen molar-refractivity contribution in [2.24, 2.45) is 5.73 Å². The monoisotopic (exact) mass is 231 g/mol. The molecule has 0 saturated carbocycles. The van der Waals surface area contributed by atoms with Gasteiger partial charge in [0.1, 0.15) is 6.10 Å². The third-order valence-electron chi connectivity index (χ3n) is 1.73. The number of alkyl halides is 1. The fourth-order valence-corrected chi connectivity index (χ4v) is 1.24. The Balaban J connectivity index is 2.81. The van der Waals surface area contributed by atoms with E-state index in [1.54, 1.807) is 18.2 Å². The maximum atomic E-state index is 9.29. The van der Waals surface area contributed by atoms with Crippen LogP contribution in [0.25, 0.3) is 6.08 Å². The summed E-state index contributed by atoms with van der Waals surface area (Å²) in [5.41, 5.74) is 6.83. The normalized spacial score (nSPS) is 14.1. The van der Waals surface area contributed by atoms with Crippen molar-refractivity contribution in [3.63, 3.8) is 0 Å². The quantitative estimate of drug-likeness (QED) is 0.785. The van der Waals surface area contributed by atoms with Crippen LogP contribution in [0.15, 0.2) is 30.0 Å². The SMILES string of the molecule is NC(=Cc1ccc(Cl)cc1)[C@H](O)CCl. The highest BCUT2D eigenvalue weighted by molar-refractivity contribution is 6.30. The molecule has 14 heavy (non-hydrogen) atoms. The lowest BCUT2D eigenvalue weighted by molar-refractivity contribution is 0.234. The molecule has 0 unspecified atom stereocenters. The number of halogens is 2. The van der Waals surface area contributed by atoms with Crippen molar-refractivity contribution in [1.82, 2.24) is 0 Å². The van der Waals surface area contributed by atoms with Gasteiger partial charge in [-0.25, -0.2) is 0 Å². The molecule has 0 amide bonds. The van der Waals surface area contributed by atoms with Crippen molar-refractivity contribution in [3.05, 3.63) is 40.5 Å². The minimum Gasteiger partial charge on any atom is -0.400 e. The molecule has 0 saturated heterocycles. The minimum absolute atomic E-state index is 0.0932. The first-order valence-electron chi connectivity index (χ1n) is 4.10. The summed E-state index contributed by atoms with van der Waals surface area (Å²) in [6.07, 6.45) is 0.871. The third kappa shape index (κ3) is 3.22. The van der Waals surface area contributed by atoms with E-state index in [1.165, 1.54) is 0 Å². The molecule has 0 aliphatic rings. The van der Waals surface area contributed by atoms with Crippen LogP contribution < -0.4 is 5.73 Å². The number of benzene rings is 1. The Labute approximate surface area is 92.9 Å². The largest absolute Gasteiger partial charge is 0.400 e. The summed E-state index contributed by atoms with van der Waals surface area (Å²) in [6, 6.07) is 7.15. The Morgan fingerprint density at radius 3 is 2.50 bits per heavy atom. The lowest BCUT2D eigenvalue weighted by atomic mass is 10.1. The molecule has 76 valence electrons. The average molecular weight is 232 g/mol. The molecule has 1 aromatic carbocycles. The highest BCUT2D eigenvalue weighted by Crippen LogP contribution is 2.12. The molecule has 0 bridgehead atoms. The molecular formula is C10H11Cl2NO. The zero-order valence-corrected chi connectivity index (χ0v) is 8.96. The van der Waals surface area contributed by atoms with E-state index in [0.717, 1.165) is 5.56 Å². The maximum absolute atomic E-state index is 9.29. The predicted molar refractivity (Wildman–Crippen MR) is 60.3 cm³/mol. The van der Waals surface area contributed by atoms with Gasteiger partial charge in [0.2, 0.25) is 0 Å². The van der Waals surface area contributed by atoms with Gasteiger partial charge in [-0.3, -0.25) is 0 Å². The molecule has 0 heterocycles. The molecule has 0 aromatic heterocycles. The maximum Gasteiger partial charge on any atom is 0.107 e. The van der Waals surface area contributed by atoms with E-state index in [2.05, 4.69) is 0 Å². The molecule has 0 aliphatic heterocycles. The van der Waals surface area contributed by atoms with Crippen LogP contribution in [0.2, 0.25) is 5.02 Å². The van der Waals surface area contributed by atoms with Crippen molar-refractivity contribution >= 4 is 29.3 Å². The first-order valence-corrected chi connectivity index (χ1v) is 5.01. The second-order valence-corrected chi connectivity index (χ2v) is 3.61. The van der Waals surface area contributed by atoms with Crippen LogP contribution in [0, 0.1) is 0 Å². The van der Waals surface area contributed by atoms with Gasteiger partial charge in [-0.2, -0.15) is 0 Å². The van der Waals surface area contributed by atoms with Gasteiger partial charge >= 0.3 is 0 Å². The summed E-state index contributed by atoms with van der Waals surface area (Å²) in [6.45, 7) is 0. The lowest BCUT2D eigenvalue weighted by Crippen LogP contribution is -2.18. The van der Waals surface area contributed by atoms with Crippen LogP contribution in [0.4, 0.5) is 0 Å². The summed E-state index contributed by atoms with van der Waals surface area (Å²) in [7, 11) is 0.